The molecule has 0 bridgehead atoms. The number of likely N-dealkylation sites (N-methyl/N-ethyl adjacent to an activating group) is 1. The third-order valence-electron chi connectivity index (χ3n) is 8.43. The van der Waals surface area contributed by atoms with Crippen molar-refractivity contribution >= 4 is 19.7 Å². The summed E-state index contributed by atoms with van der Waals surface area (Å²) in [5.41, 5.74) is 0.225. The van der Waals surface area contributed by atoms with Crippen LogP contribution < -0.4 is 5.11 Å². The molecule has 0 heterocycles. The van der Waals surface area contributed by atoms with E-state index in [1.807, 2.05) is 0 Å². The Bertz CT molecular complexity index is 602. The molecule has 0 saturated heterocycles. The third kappa shape index (κ3) is 35.9. The summed E-state index contributed by atoms with van der Waals surface area (Å²) in [5.74, 6) is 0.498. The minimum absolute atomic E-state index is 0.225. The lowest BCUT2D eigenvalue weighted by atomic mass is 10.0. The van der Waals surface area contributed by atoms with Crippen LogP contribution in [0.25, 0.3) is 0 Å². The highest BCUT2D eigenvalue weighted by molar-refractivity contribution is 7.34. The molecule has 0 fully saturated rings. The number of Topliss-reactive ketones (excluding diaryl/α,β-unsaturated/α-hetero) is 1. The summed E-state index contributed by atoms with van der Waals surface area (Å²) in [7, 11) is 6.94. The zero-order chi connectivity index (χ0) is 31.0. The van der Waals surface area contributed by atoms with E-state index in [1.54, 1.807) is 0 Å². The van der Waals surface area contributed by atoms with Crippen LogP contribution in [0.15, 0.2) is 0 Å². The molecule has 0 amide bonds. The van der Waals surface area contributed by atoms with E-state index in [2.05, 4.69) is 28.1 Å². The first-order valence-electron chi connectivity index (χ1n) is 18.5. The Morgan fingerprint density at radius 3 is 1.17 bits per heavy atom. The van der Waals surface area contributed by atoms with E-state index >= 15 is 0 Å². The van der Waals surface area contributed by atoms with Crippen LogP contribution in [0, 0.1) is 0 Å². The van der Waals surface area contributed by atoms with Crippen molar-refractivity contribution in [3.63, 3.8) is 0 Å². The zero-order valence-corrected chi connectivity index (χ0v) is 29.9. The molecule has 5 heteroatoms. The Morgan fingerprint density at radius 1 is 0.524 bits per heavy atom. The van der Waals surface area contributed by atoms with Crippen LogP contribution in [0.4, 0.5) is 0 Å². The SMILES string of the molecule is CCCCCCCCCCCCCCCCCC(=O)CCCCCCCCCCCCCC([O-])=POCC[N+](C)(C)C. The molecular weight excluding hydrogens is 537 g/mol. The first-order valence-corrected chi connectivity index (χ1v) is 19.3. The van der Waals surface area contributed by atoms with E-state index in [0.717, 1.165) is 49.6 Å². The molecule has 0 spiro atoms. The Balaban J connectivity index is 3.26. The number of carbonyl (C=O) groups excluding carboxylic acids is 1. The van der Waals surface area contributed by atoms with Crippen LogP contribution in [-0.4, -0.2) is 50.0 Å². The normalized spacial score (nSPS) is 12.4. The van der Waals surface area contributed by atoms with E-state index in [-0.39, 0.29) is 5.48 Å². The quantitative estimate of drug-likeness (QED) is 0.0413. The van der Waals surface area contributed by atoms with Crippen molar-refractivity contribution in [2.24, 2.45) is 0 Å². The molecule has 0 aromatic carbocycles. The van der Waals surface area contributed by atoms with Gasteiger partial charge in [0.25, 0.3) is 0 Å². The molecule has 0 aromatic rings. The Kier molecular flexibility index (Phi) is 31.9. The molecule has 0 N–H and O–H groups in total. The van der Waals surface area contributed by atoms with Crippen LogP contribution in [0.2, 0.25) is 0 Å². The molecule has 0 unspecified atom stereocenters. The number of unbranched alkanes of at least 4 members (excludes halogenated alkanes) is 24. The predicted octanol–water partition coefficient (Wildman–Crippen LogP) is 11.0. The molecular formula is C37H74NO3P. The molecule has 42 heavy (non-hydrogen) atoms. The maximum atomic E-state index is 12.2. The van der Waals surface area contributed by atoms with E-state index in [0.29, 0.717) is 27.2 Å². The Labute approximate surface area is 265 Å². The third-order valence-corrected chi connectivity index (χ3v) is 9.16. The van der Waals surface area contributed by atoms with Gasteiger partial charge in [-0.15, -0.1) is 5.48 Å². The molecule has 0 radical (unpaired) electrons. The largest absolute Gasteiger partial charge is 0.826 e. The molecule has 0 aliphatic carbocycles. The van der Waals surface area contributed by atoms with Crippen LogP contribution >= 0.6 is 8.43 Å². The van der Waals surface area contributed by atoms with Crippen molar-refractivity contribution in [1.29, 1.82) is 0 Å². The van der Waals surface area contributed by atoms with Gasteiger partial charge in [-0.3, -0.25) is 4.79 Å². The number of hydrogen-bond acceptors (Lipinski definition) is 3. The summed E-state index contributed by atoms with van der Waals surface area (Å²) in [5, 5.41) is 11.9. The summed E-state index contributed by atoms with van der Waals surface area (Å²) in [6, 6.07) is 0. The standard InChI is InChI=1S/C37H74NO3P/c1-5-6-7-8-9-10-11-12-13-14-16-19-22-25-28-31-36(39)32-29-26-23-20-17-15-18-21-24-27-30-33-37(40)42-41-35-34-38(2,3)4/h5-35H2,1-4H3. The second kappa shape index (κ2) is 32.1. The summed E-state index contributed by atoms with van der Waals surface area (Å²) in [4.78, 5) is 12.2. The van der Waals surface area contributed by atoms with Crippen LogP contribution in [0.3, 0.4) is 0 Å². The van der Waals surface area contributed by atoms with Crippen molar-refractivity contribution in [1.82, 2.24) is 0 Å². The highest BCUT2D eigenvalue weighted by atomic mass is 31.1. The first-order chi connectivity index (χ1) is 20.3. The Morgan fingerprint density at radius 2 is 0.833 bits per heavy atom. The number of rotatable bonds is 34. The van der Waals surface area contributed by atoms with Gasteiger partial charge >= 0.3 is 0 Å². The average molecular weight is 612 g/mol. The Hall–Kier alpha value is -0.280. The molecule has 0 aliphatic heterocycles. The van der Waals surface area contributed by atoms with Crippen molar-refractivity contribution in [3.8, 4) is 0 Å². The van der Waals surface area contributed by atoms with Gasteiger partial charge in [-0.1, -0.05) is 161 Å². The highest BCUT2D eigenvalue weighted by Crippen LogP contribution is 2.16. The van der Waals surface area contributed by atoms with Gasteiger partial charge in [0, 0.05) is 21.3 Å². The fourth-order valence-electron chi connectivity index (χ4n) is 5.49. The van der Waals surface area contributed by atoms with Crippen molar-refractivity contribution in [2.75, 3.05) is 34.3 Å². The van der Waals surface area contributed by atoms with E-state index in [4.69, 9.17) is 4.52 Å². The molecule has 0 aliphatic rings. The number of hydrogen-bond donors (Lipinski definition) is 0. The van der Waals surface area contributed by atoms with Gasteiger partial charge < -0.3 is 14.1 Å². The molecule has 250 valence electrons. The minimum Gasteiger partial charge on any atom is -0.826 e. The summed E-state index contributed by atoms with van der Waals surface area (Å²) >= 11 is 0. The lowest BCUT2D eigenvalue weighted by Gasteiger charge is -2.23. The molecule has 0 saturated carbocycles. The lowest BCUT2D eigenvalue weighted by molar-refractivity contribution is -0.870. The monoisotopic (exact) mass is 612 g/mol. The van der Waals surface area contributed by atoms with Crippen molar-refractivity contribution in [2.45, 2.75) is 193 Å². The minimum atomic E-state index is 0.225. The summed E-state index contributed by atoms with van der Waals surface area (Å²) in [6.07, 6.45) is 36.5. The van der Waals surface area contributed by atoms with Crippen molar-refractivity contribution < 1.29 is 18.9 Å². The van der Waals surface area contributed by atoms with E-state index in [1.165, 1.54) is 141 Å². The number of carbonyl (C=O) groups is 1. The summed E-state index contributed by atoms with van der Waals surface area (Å²) < 4.78 is 6.35. The van der Waals surface area contributed by atoms with Crippen LogP contribution in [0.5, 0.6) is 0 Å². The molecule has 4 nitrogen and oxygen atoms in total. The zero-order valence-electron chi connectivity index (χ0n) is 29.0. The fourth-order valence-corrected chi connectivity index (χ4v) is 6.05. The number of ketones is 1. The average Bonchev–Trinajstić information content (AvgIpc) is 2.95. The lowest BCUT2D eigenvalue weighted by Crippen LogP contribution is -2.37. The maximum absolute atomic E-state index is 12.2. The topological polar surface area (TPSA) is 49.4 Å². The summed E-state index contributed by atoms with van der Waals surface area (Å²) in [6.45, 7) is 3.87. The van der Waals surface area contributed by atoms with Gasteiger partial charge in [-0.2, -0.15) is 0 Å². The van der Waals surface area contributed by atoms with Gasteiger partial charge in [0.05, 0.1) is 21.1 Å². The second-order valence-corrected chi connectivity index (χ2v) is 14.9. The van der Waals surface area contributed by atoms with E-state index in [9.17, 15) is 9.90 Å². The van der Waals surface area contributed by atoms with Crippen LogP contribution in [-0.2, 0) is 9.32 Å². The molecule has 0 atom stereocenters. The van der Waals surface area contributed by atoms with Gasteiger partial charge in [0.1, 0.15) is 18.9 Å². The molecule has 0 aromatic heterocycles. The predicted molar refractivity (Wildman–Crippen MR) is 185 cm³/mol. The number of quaternary nitrogens is 1. The maximum Gasteiger partial charge on any atom is 0.132 e. The van der Waals surface area contributed by atoms with Crippen LogP contribution in [0.1, 0.15) is 193 Å². The number of nitrogens with zero attached hydrogens (tertiary/aromatic N) is 1. The van der Waals surface area contributed by atoms with E-state index < -0.39 is 0 Å². The van der Waals surface area contributed by atoms with Gasteiger partial charge in [0.15, 0.2) is 0 Å². The second-order valence-electron chi connectivity index (χ2n) is 14.0. The fraction of sp³-hybridized carbons (Fsp3) is 0.946. The van der Waals surface area contributed by atoms with Gasteiger partial charge in [-0.25, -0.2) is 0 Å². The highest BCUT2D eigenvalue weighted by Gasteiger charge is 2.05. The first kappa shape index (κ1) is 41.7. The van der Waals surface area contributed by atoms with Gasteiger partial charge in [0.2, 0.25) is 0 Å². The molecule has 0 rings (SSSR count). The van der Waals surface area contributed by atoms with Crippen molar-refractivity contribution in [3.05, 3.63) is 0 Å². The smallest absolute Gasteiger partial charge is 0.132 e. The van der Waals surface area contributed by atoms with Gasteiger partial charge in [-0.05, 0) is 19.3 Å².